The zero-order chi connectivity index (χ0) is 15.5. The third-order valence-electron chi connectivity index (χ3n) is 3.50. The molecule has 4 heteroatoms. The predicted octanol–water partition coefficient (Wildman–Crippen LogP) is 4.80. The van der Waals surface area contributed by atoms with Crippen LogP contribution in [0.1, 0.15) is 4.88 Å². The Bertz CT molecular complexity index is 761. The van der Waals surface area contributed by atoms with Crippen molar-refractivity contribution >= 4 is 11.3 Å². The summed E-state index contributed by atoms with van der Waals surface area (Å²) in [6, 6.07) is 16.0. The van der Waals surface area contributed by atoms with E-state index in [1.807, 2.05) is 48.5 Å². The number of benzene rings is 2. The molecule has 22 heavy (non-hydrogen) atoms. The van der Waals surface area contributed by atoms with Gasteiger partial charge in [0.15, 0.2) is 0 Å². The Labute approximate surface area is 134 Å². The number of methoxy groups -OCH3 is 2. The van der Waals surface area contributed by atoms with Crippen molar-refractivity contribution in [3.05, 3.63) is 53.4 Å². The molecule has 0 aliphatic rings. The highest BCUT2D eigenvalue weighted by atomic mass is 32.1. The molecule has 0 spiro atoms. The molecule has 2 aromatic carbocycles. The standard InChI is InChI=1S/C18H17NO2S/c1-12-17(13-4-8-15(20-2)9-5-13)19-18(22-12)14-6-10-16(21-3)11-7-14/h4-11H,1-3H3. The summed E-state index contributed by atoms with van der Waals surface area (Å²) in [6.45, 7) is 2.10. The van der Waals surface area contributed by atoms with E-state index < -0.39 is 0 Å². The molecule has 3 rings (SSSR count). The second kappa shape index (κ2) is 6.20. The Kier molecular flexibility index (Phi) is 4.11. The van der Waals surface area contributed by atoms with E-state index in [1.54, 1.807) is 25.6 Å². The Hall–Kier alpha value is -2.33. The summed E-state index contributed by atoms with van der Waals surface area (Å²) in [7, 11) is 3.34. The van der Waals surface area contributed by atoms with Gasteiger partial charge in [-0.1, -0.05) is 0 Å². The van der Waals surface area contributed by atoms with E-state index in [9.17, 15) is 0 Å². The molecule has 0 aliphatic heterocycles. The van der Waals surface area contributed by atoms with Gasteiger partial charge >= 0.3 is 0 Å². The van der Waals surface area contributed by atoms with Gasteiger partial charge in [-0.25, -0.2) is 4.98 Å². The topological polar surface area (TPSA) is 31.4 Å². The van der Waals surface area contributed by atoms with E-state index >= 15 is 0 Å². The molecule has 1 aromatic heterocycles. The zero-order valence-corrected chi connectivity index (χ0v) is 13.6. The van der Waals surface area contributed by atoms with Crippen LogP contribution in [0, 0.1) is 6.92 Å². The molecular weight excluding hydrogens is 294 g/mol. The maximum Gasteiger partial charge on any atom is 0.124 e. The fourth-order valence-electron chi connectivity index (χ4n) is 2.27. The minimum Gasteiger partial charge on any atom is -0.497 e. The van der Waals surface area contributed by atoms with Crippen molar-refractivity contribution in [2.24, 2.45) is 0 Å². The molecule has 0 aliphatic carbocycles. The quantitative estimate of drug-likeness (QED) is 0.693. The highest BCUT2D eigenvalue weighted by Crippen LogP contribution is 2.34. The van der Waals surface area contributed by atoms with Crippen LogP contribution in [-0.2, 0) is 0 Å². The molecule has 0 saturated heterocycles. The van der Waals surface area contributed by atoms with Crippen LogP contribution >= 0.6 is 11.3 Å². The summed E-state index contributed by atoms with van der Waals surface area (Å²) in [5.74, 6) is 1.71. The van der Waals surface area contributed by atoms with Gasteiger partial charge in [0.2, 0.25) is 0 Å². The second-order valence-electron chi connectivity index (χ2n) is 4.88. The van der Waals surface area contributed by atoms with Crippen LogP contribution in [0.3, 0.4) is 0 Å². The molecule has 0 bridgehead atoms. The van der Waals surface area contributed by atoms with Crippen LogP contribution in [0.5, 0.6) is 11.5 Å². The largest absolute Gasteiger partial charge is 0.497 e. The lowest BCUT2D eigenvalue weighted by atomic mass is 10.1. The second-order valence-corrected chi connectivity index (χ2v) is 6.08. The van der Waals surface area contributed by atoms with Gasteiger partial charge in [-0.2, -0.15) is 0 Å². The van der Waals surface area contributed by atoms with Crippen molar-refractivity contribution in [1.82, 2.24) is 4.98 Å². The molecule has 0 radical (unpaired) electrons. The zero-order valence-electron chi connectivity index (χ0n) is 12.8. The van der Waals surface area contributed by atoms with Crippen molar-refractivity contribution < 1.29 is 9.47 Å². The molecule has 0 unspecified atom stereocenters. The first-order chi connectivity index (χ1) is 10.7. The lowest BCUT2D eigenvalue weighted by Gasteiger charge is -2.02. The van der Waals surface area contributed by atoms with E-state index in [0.717, 1.165) is 33.3 Å². The van der Waals surface area contributed by atoms with Crippen molar-refractivity contribution in [2.45, 2.75) is 6.92 Å². The molecule has 3 nitrogen and oxygen atoms in total. The number of aryl methyl sites for hydroxylation is 1. The average molecular weight is 311 g/mol. The van der Waals surface area contributed by atoms with E-state index in [0.29, 0.717) is 0 Å². The van der Waals surface area contributed by atoms with Gasteiger partial charge in [0.1, 0.15) is 16.5 Å². The first-order valence-corrected chi connectivity index (χ1v) is 7.79. The van der Waals surface area contributed by atoms with E-state index in [1.165, 1.54) is 4.88 Å². The number of hydrogen-bond acceptors (Lipinski definition) is 4. The summed E-state index contributed by atoms with van der Waals surface area (Å²) in [5.41, 5.74) is 3.24. The number of aromatic nitrogens is 1. The Morgan fingerprint density at radius 1 is 0.773 bits per heavy atom. The van der Waals surface area contributed by atoms with Crippen LogP contribution in [0.25, 0.3) is 21.8 Å². The van der Waals surface area contributed by atoms with E-state index in [4.69, 9.17) is 14.5 Å². The van der Waals surface area contributed by atoms with Crippen molar-refractivity contribution in [3.8, 4) is 33.3 Å². The van der Waals surface area contributed by atoms with Gasteiger partial charge in [0.05, 0.1) is 19.9 Å². The minimum atomic E-state index is 0.854. The maximum atomic E-state index is 5.20. The summed E-state index contributed by atoms with van der Waals surface area (Å²) in [5, 5.41) is 1.02. The van der Waals surface area contributed by atoms with E-state index in [2.05, 4.69) is 6.92 Å². The Morgan fingerprint density at radius 3 is 1.77 bits per heavy atom. The maximum absolute atomic E-state index is 5.20. The highest BCUT2D eigenvalue weighted by Gasteiger charge is 2.11. The van der Waals surface area contributed by atoms with Crippen LogP contribution in [0.15, 0.2) is 48.5 Å². The number of hydrogen-bond donors (Lipinski definition) is 0. The molecule has 112 valence electrons. The molecule has 0 fully saturated rings. The average Bonchev–Trinajstić information content (AvgIpc) is 2.97. The number of nitrogens with zero attached hydrogens (tertiary/aromatic N) is 1. The van der Waals surface area contributed by atoms with Gasteiger partial charge in [-0.15, -0.1) is 11.3 Å². The van der Waals surface area contributed by atoms with Crippen LogP contribution in [0.4, 0.5) is 0 Å². The van der Waals surface area contributed by atoms with Crippen molar-refractivity contribution in [3.63, 3.8) is 0 Å². The molecule has 0 amide bonds. The normalized spacial score (nSPS) is 10.5. The summed E-state index contributed by atoms with van der Waals surface area (Å²) in [4.78, 5) is 6.00. The molecule has 0 N–H and O–H groups in total. The van der Waals surface area contributed by atoms with Crippen LogP contribution in [0.2, 0.25) is 0 Å². The summed E-state index contributed by atoms with van der Waals surface area (Å²) in [6.07, 6.45) is 0. The van der Waals surface area contributed by atoms with Gasteiger partial charge in [-0.3, -0.25) is 0 Å². The first kappa shape index (κ1) is 14.6. The van der Waals surface area contributed by atoms with Gasteiger partial charge in [-0.05, 0) is 55.5 Å². The Balaban J connectivity index is 1.95. The fourth-order valence-corrected chi connectivity index (χ4v) is 3.21. The van der Waals surface area contributed by atoms with Gasteiger partial charge in [0.25, 0.3) is 0 Å². The summed E-state index contributed by atoms with van der Waals surface area (Å²) >= 11 is 1.70. The lowest BCUT2D eigenvalue weighted by Crippen LogP contribution is -1.85. The van der Waals surface area contributed by atoms with Crippen LogP contribution < -0.4 is 9.47 Å². The van der Waals surface area contributed by atoms with Crippen molar-refractivity contribution in [2.75, 3.05) is 14.2 Å². The lowest BCUT2D eigenvalue weighted by molar-refractivity contribution is 0.415. The van der Waals surface area contributed by atoms with Crippen LogP contribution in [-0.4, -0.2) is 19.2 Å². The molecule has 0 saturated carbocycles. The SMILES string of the molecule is COc1ccc(-c2nc(-c3ccc(OC)cc3)c(C)s2)cc1. The number of ether oxygens (including phenoxy) is 2. The minimum absolute atomic E-state index is 0.854. The highest BCUT2D eigenvalue weighted by molar-refractivity contribution is 7.15. The number of thiazole rings is 1. The molecular formula is C18H17NO2S. The third kappa shape index (κ3) is 2.83. The van der Waals surface area contributed by atoms with Crippen molar-refractivity contribution in [1.29, 1.82) is 0 Å². The molecule has 1 heterocycles. The predicted molar refractivity (Wildman–Crippen MR) is 90.8 cm³/mol. The third-order valence-corrected chi connectivity index (χ3v) is 4.52. The number of rotatable bonds is 4. The Morgan fingerprint density at radius 2 is 1.27 bits per heavy atom. The van der Waals surface area contributed by atoms with Gasteiger partial charge < -0.3 is 9.47 Å². The first-order valence-electron chi connectivity index (χ1n) is 6.97. The van der Waals surface area contributed by atoms with Gasteiger partial charge in [0, 0.05) is 16.0 Å². The molecule has 0 atom stereocenters. The van der Waals surface area contributed by atoms with E-state index in [-0.39, 0.29) is 0 Å². The molecule has 3 aromatic rings. The fraction of sp³-hybridized carbons (Fsp3) is 0.167. The monoisotopic (exact) mass is 311 g/mol. The summed E-state index contributed by atoms with van der Waals surface area (Å²) < 4.78 is 10.4. The smallest absolute Gasteiger partial charge is 0.124 e.